The number of pyridine rings is 1. The first-order chi connectivity index (χ1) is 6.59. The number of rotatable bonds is 1. The monoisotopic (exact) mass is 254 g/mol. The minimum Gasteiger partial charge on any atom is -0.477 e. The summed E-state index contributed by atoms with van der Waals surface area (Å²) >= 11 is 3.31. The van der Waals surface area contributed by atoms with Crippen molar-refractivity contribution >= 4 is 32.9 Å². The normalized spacial score (nSPS) is 10.7. The molecule has 0 aromatic carbocycles. The molecule has 0 saturated carbocycles. The summed E-state index contributed by atoms with van der Waals surface area (Å²) in [6.07, 6.45) is 1.84. The van der Waals surface area contributed by atoms with Crippen LogP contribution in [0.15, 0.2) is 22.8 Å². The molecule has 2 rings (SSSR count). The molecule has 0 aliphatic rings. The molecule has 2 heterocycles. The summed E-state index contributed by atoms with van der Waals surface area (Å²) < 4.78 is 2.53. The summed E-state index contributed by atoms with van der Waals surface area (Å²) in [6.45, 7) is 0. The van der Waals surface area contributed by atoms with Gasteiger partial charge in [-0.25, -0.2) is 9.78 Å². The summed E-state index contributed by atoms with van der Waals surface area (Å²) in [5.74, 6) is -1.02. The van der Waals surface area contributed by atoms with Crippen molar-refractivity contribution in [3.63, 3.8) is 0 Å². The van der Waals surface area contributed by atoms with E-state index < -0.39 is 5.97 Å². The molecule has 14 heavy (non-hydrogen) atoms. The van der Waals surface area contributed by atoms with Gasteiger partial charge < -0.3 is 9.67 Å². The van der Waals surface area contributed by atoms with Crippen molar-refractivity contribution in [2.45, 2.75) is 0 Å². The van der Waals surface area contributed by atoms with Crippen LogP contribution in [-0.2, 0) is 7.05 Å². The predicted molar refractivity (Wildman–Crippen MR) is 55.4 cm³/mol. The van der Waals surface area contributed by atoms with Crippen LogP contribution in [0.3, 0.4) is 0 Å². The molecule has 2 aromatic heterocycles. The SMILES string of the molecule is Cn1ccc2c(Br)cc(C(=O)O)nc21. The fourth-order valence-corrected chi connectivity index (χ4v) is 1.83. The molecular formula is C9H7BrN2O2. The number of carbonyl (C=O) groups is 1. The lowest BCUT2D eigenvalue weighted by atomic mass is 10.3. The number of hydrogen-bond donors (Lipinski definition) is 1. The first-order valence-electron chi connectivity index (χ1n) is 3.94. The molecule has 0 aliphatic heterocycles. The average molecular weight is 255 g/mol. The van der Waals surface area contributed by atoms with Crippen LogP contribution >= 0.6 is 15.9 Å². The minimum atomic E-state index is -1.02. The van der Waals surface area contributed by atoms with Crippen molar-refractivity contribution in [2.75, 3.05) is 0 Å². The van der Waals surface area contributed by atoms with Crippen LogP contribution in [0.5, 0.6) is 0 Å². The van der Waals surface area contributed by atoms with Gasteiger partial charge in [-0.05, 0) is 28.1 Å². The van der Waals surface area contributed by atoms with Gasteiger partial charge in [0.15, 0.2) is 5.69 Å². The number of halogens is 1. The van der Waals surface area contributed by atoms with E-state index in [0.717, 1.165) is 9.86 Å². The second-order valence-corrected chi connectivity index (χ2v) is 3.81. The van der Waals surface area contributed by atoms with Crippen molar-refractivity contribution in [1.29, 1.82) is 0 Å². The van der Waals surface area contributed by atoms with Gasteiger partial charge in [0.2, 0.25) is 0 Å². The molecule has 5 heteroatoms. The van der Waals surface area contributed by atoms with E-state index >= 15 is 0 Å². The van der Waals surface area contributed by atoms with Gasteiger partial charge in [0, 0.05) is 23.1 Å². The molecule has 0 saturated heterocycles. The van der Waals surface area contributed by atoms with E-state index in [1.165, 1.54) is 6.07 Å². The smallest absolute Gasteiger partial charge is 0.354 e. The number of nitrogens with zero attached hydrogens (tertiary/aromatic N) is 2. The lowest BCUT2D eigenvalue weighted by Gasteiger charge is -1.99. The first-order valence-corrected chi connectivity index (χ1v) is 4.74. The number of carboxylic acids is 1. The fraction of sp³-hybridized carbons (Fsp3) is 0.111. The zero-order valence-electron chi connectivity index (χ0n) is 7.36. The van der Waals surface area contributed by atoms with E-state index in [2.05, 4.69) is 20.9 Å². The number of carboxylic acid groups (broad SMARTS) is 1. The van der Waals surface area contributed by atoms with Crippen LogP contribution in [-0.4, -0.2) is 20.6 Å². The lowest BCUT2D eigenvalue weighted by molar-refractivity contribution is 0.0691. The maximum atomic E-state index is 10.7. The Morgan fingerprint density at radius 1 is 1.64 bits per heavy atom. The summed E-state index contributed by atoms with van der Waals surface area (Å²) in [7, 11) is 1.83. The summed E-state index contributed by atoms with van der Waals surface area (Å²) in [5, 5.41) is 9.72. The van der Waals surface area contributed by atoms with Gasteiger partial charge >= 0.3 is 5.97 Å². The third kappa shape index (κ3) is 1.29. The second kappa shape index (κ2) is 3.09. The zero-order chi connectivity index (χ0) is 10.3. The van der Waals surface area contributed by atoms with Crippen LogP contribution in [0.2, 0.25) is 0 Å². The van der Waals surface area contributed by atoms with Gasteiger partial charge in [-0.1, -0.05) is 0 Å². The molecule has 4 nitrogen and oxygen atoms in total. The molecular weight excluding hydrogens is 248 g/mol. The number of aromatic carboxylic acids is 1. The molecule has 0 radical (unpaired) electrons. The van der Waals surface area contributed by atoms with E-state index in [-0.39, 0.29) is 5.69 Å². The molecule has 2 aromatic rings. The molecule has 0 bridgehead atoms. The van der Waals surface area contributed by atoms with Crippen molar-refractivity contribution in [1.82, 2.24) is 9.55 Å². The van der Waals surface area contributed by atoms with Crippen molar-refractivity contribution < 1.29 is 9.90 Å². The van der Waals surface area contributed by atoms with Crippen LogP contribution in [0.4, 0.5) is 0 Å². The maximum absolute atomic E-state index is 10.7. The van der Waals surface area contributed by atoms with Crippen LogP contribution in [0, 0.1) is 0 Å². The number of fused-ring (bicyclic) bond motifs is 1. The van der Waals surface area contributed by atoms with Gasteiger partial charge in [-0.15, -0.1) is 0 Å². The van der Waals surface area contributed by atoms with Gasteiger partial charge in [0.25, 0.3) is 0 Å². The quantitative estimate of drug-likeness (QED) is 0.848. The highest BCUT2D eigenvalue weighted by Crippen LogP contribution is 2.23. The van der Waals surface area contributed by atoms with E-state index in [9.17, 15) is 4.79 Å². The number of aryl methyl sites for hydroxylation is 1. The highest BCUT2D eigenvalue weighted by atomic mass is 79.9. The van der Waals surface area contributed by atoms with E-state index in [1.54, 1.807) is 4.57 Å². The standard InChI is InChI=1S/C9H7BrN2O2/c1-12-3-2-5-6(10)4-7(9(13)14)11-8(5)12/h2-4H,1H3,(H,13,14). The minimum absolute atomic E-state index is 0.0474. The zero-order valence-corrected chi connectivity index (χ0v) is 8.95. The summed E-state index contributed by atoms with van der Waals surface area (Å²) in [6, 6.07) is 3.39. The summed E-state index contributed by atoms with van der Waals surface area (Å²) in [5.41, 5.74) is 0.711. The Bertz CT molecular complexity index is 519. The second-order valence-electron chi connectivity index (χ2n) is 2.96. The number of hydrogen-bond acceptors (Lipinski definition) is 2. The molecule has 0 spiro atoms. The Balaban J connectivity index is 2.82. The highest BCUT2D eigenvalue weighted by molar-refractivity contribution is 9.10. The average Bonchev–Trinajstić information content (AvgIpc) is 2.48. The molecule has 0 aliphatic carbocycles. The lowest BCUT2D eigenvalue weighted by Crippen LogP contribution is -2.01. The van der Waals surface area contributed by atoms with Crippen molar-refractivity contribution in [3.8, 4) is 0 Å². The maximum Gasteiger partial charge on any atom is 0.354 e. The van der Waals surface area contributed by atoms with Gasteiger partial charge in [-0.2, -0.15) is 0 Å². The first kappa shape index (κ1) is 9.21. The fourth-order valence-electron chi connectivity index (χ4n) is 1.30. The van der Waals surface area contributed by atoms with Gasteiger partial charge in [-0.3, -0.25) is 0 Å². The largest absolute Gasteiger partial charge is 0.477 e. The van der Waals surface area contributed by atoms with Crippen LogP contribution in [0.25, 0.3) is 11.0 Å². The van der Waals surface area contributed by atoms with E-state index in [0.29, 0.717) is 5.65 Å². The topological polar surface area (TPSA) is 55.1 Å². The van der Waals surface area contributed by atoms with Gasteiger partial charge in [0.05, 0.1) is 0 Å². The third-order valence-corrected chi connectivity index (χ3v) is 2.66. The van der Waals surface area contributed by atoms with Gasteiger partial charge in [0.1, 0.15) is 5.65 Å². The van der Waals surface area contributed by atoms with Crippen LogP contribution in [0.1, 0.15) is 10.5 Å². The molecule has 1 N–H and O–H groups in total. The predicted octanol–water partition coefficient (Wildman–Crippen LogP) is 2.03. The highest BCUT2D eigenvalue weighted by Gasteiger charge is 2.10. The Morgan fingerprint density at radius 3 is 3.00 bits per heavy atom. The number of aromatic nitrogens is 2. The molecule has 0 fully saturated rings. The van der Waals surface area contributed by atoms with E-state index in [1.807, 2.05) is 19.3 Å². The van der Waals surface area contributed by atoms with E-state index in [4.69, 9.17) is 5.11 Å². The molecule has 72 valence electrons. The Morgan fingerprint density at radius 2 is 2.36 bits per heavy atom. The molecule has 0 unspecified atom stereocenters. The Labute approximate surface area is 88.3 Å². The Kier molecular flexibility index (Phi) is 2.03. The molecule has 0 atom stereocenters. The van der Waals surface area contributed by atoms with Crippen LogP contribution < -0.4 is 0 Å². The van der Waals surface area contributed by atoms with Crippen molar-refractivity contribution in [2.24, 2.45) is 7.05 Å². The third-order valence-electron chi connectivity index (χ3n) is 2.01. The summed E-state index contributed by atoms with van der Waals surface area (Å²) in [4.78, 5) is 14.8. The van der Waals surface area contributed by atoms with Crippen molar-refractivity contribution in [3.05, 3.63) is 28.5 Å². The molecule has 0 amide bonds. The Hall–Kier alpha value is -1.36.